The first-order valence-electron chi connectivity index (χ1n) is 5.99. The van der Waals surface area contributed by atoms with Crippen LogP contribution < -0.4 is 4.74 Å². The van der Waals surface area contributed by atoms with Gasteiger partial charge in [-0.3, -0.25) is 4.79 Å². The highest BCUT2D eigenvalue weighted by molar-refractivity contribution is 5.97. The Labute approximate surface area is 114 Å². The number of hydrogen-bond acceptors (Lipinski definition) is 4. The van der Waals surface area contributed by atoms with Crippen LogP contribution in [-0.4, -0.2) is 52.8 Å². The molecule has 0 radical (unpaired) electrons. The summed E-state index contributed by atoms with van der Waals surface area (Å²) in [7, 11) is 1.30. The van der Waals surface area contributed by atoms with Crippen molar-refractivity contribution in [1.29, 1.82) is 0 Å². The Bertz CT molecular complexity index is 548. The van der Waals surface area contributed by atoms with E-state index in [1.54, 1.807) is 0 Å². The Morgan fingerprint density at radius 1 is 1.45 bits per heavy atom. The number of aliphatic hydroxyl groups excluding tert-OH is 1. The first kappa shape index (κ1) is 14.3. The van der Waals surface area contributed by atoms with Gasteiger partial charge in [0.1, 0.15) is 6.04 Å². The van der Waals surface area contributed by atoms with Gasteiger partial charge in [-0.05, 0) is 18.2 Å². The summed E-state index contributed by atoms with van der Waals surface area (Å²) in [5, 5.41) is 18.5. The minimum Gasteiger partial charge on any atom is -0.494 e. The van der Waals surface area contributed by atoms with Crippen LogP contribution in [0, 0.1) is 5.82 Å². The number of methoxy groups -OCH3 is 1. The van der Waals surface area contributed by atoms with E-state index in [1.165, 1.54) is 19.2 Å². The number of benzene rings is 1. The number of nitrogens with zero attached hydrogens (tertiary/aromatic N) is 1. The first-order valence-corrected chi connectivity index (χ1v) is 5.99. The topological polar surface area (TPSA) is 87.1 Å². The molecule has 1 amide bonds. The van der Waals surface area contributed by atoms with Crippen LogP contribution in [0.5, 0.6) is 5.75 Å². The highest BCUT2D eigenvalue weighted by Crippen LogP contribution is 2.23. The number of β-amino-alcohol motifs (C(OH)–C–C–N with tert-alkyl or cyclic N) is 1. The van der Waals surface area contributed by atoms with Crippen molar-refractivity contribution in [3.63, 3.8) is 0 Å². The minimum atomic E-state index is -1.19. The lowest BCUT2D eigenvalue weighted by Crippen LogP contribution is -2.40. The van der Waals surface area contributed by atoms with Crippen molar-refractivity contribution in [3.8, 4) is 5.75 Å². The summed E-state index contributed by atoms with van der Waals surface area (Å²) < 4.78 is 18.3. The van der Waals surface area contributed by atoms with Crippen molar-refractivity contribution in [2.75, 3.05) is 13.7 Å². The van der Waals surface area contributed by atoms with Crippen molar-refractivity contribution >= 4 is 11.9 Å². The molecule has 0 spiro atoms. The first-order chi connectivity index (χ1) is 9.43. The van der Waals surface area contributed by atoms with E-state index in [-0.39, 0.29) is 24.3 Å². The Morgan fingerprint density at radius 3 is 2.70 bits per heavy atom. The van der Waals surface area contributed by atoms with Gasteiger partial charge in [-0.25, -0.2) is 9.18 Å². The summed E-state index contributed by atoms with van der Waals surface area (Å²) in [5.74, 6) is -2.53. The van der Waals surface area contributed by atoms with Crippen LogP contribution in [-0.2, 0) is 4.79 Å². The van der Waals surface area contributed by atoms with E-state index in [4.69, 9.17) is 9.84 Å². The number of likely N-dealkylation sites (tertiary alicyclic amines) is 1. The zero-order chi connectivity index (χ0) is 14.9. The lowest BCUT2D eigenvalue weighted by Gasteiger charge is -2.21. The number of halogens is 1. The number of ether oxygens (including phenoxy) is 1. The van der Waals surface area contributed by atoms with Gasteiger partial charge < -0.3 is 19.8 Å². The smallest absolute Gasteiger partial charge is 0.326 e. The fraction of sp³-hybridized carbons (Fsp3) is 0.385. The molecular weight excluding hydrogens is 269 g/mol. The number of carbonyl (C=O) groups excluding carboxylic acids is 1. The monoisotopic (exact) mass is 283 g/mol. The van der Waals surface area contributed by atoms with Crippen molar-refractivity contribution in [1.82, 2.24) is 4.90 Å². The third-order valence-corrected chi connectivity index (χ3v) is 3.22. The summed E-state index contributed by atoms with van der Waals surface area (Å²) in [4.78, 5) is 24.3. The fourth-order valence-corrected chi connectivity index (χ4v) is 2.24. The summed E-state index contributed by atoms with van der Waals surface area (Å²) in [6, 6.07) is 2.55. The minimum absolute atomic E-state index is 0.00205. The van der Waals surface area contributed by atoms with E-state index in [0.29, 0.717) is 0 Å². The number of aliphatic hydroxyl groups is 1. The van der Waals surface area contributed by atoms with Gasteiger partial charge in [0, 0.05) is 18.5 Å². The zero-order valence-corrected chi connectivity index (χ0v) is 10.7. The van der Waals surface area contributed by atoms with Crippen molar-refractivity contribution in [2.24, 2.45) is 0 Å². The van der Waals surface area contributed by atoms with E-state index >= 15 is 0 Å². The molecule has 20 heavy (non-hydrogen) atoms. The molecule has 1 unspecified atom stereocenters. The molecular formula is C13H14FNO5. The van der Waals surface area contributed by atoms with Gasteiger partial charge in [0.05, 0.1) is 13.2 Å². The molecule has 1 aromatic rings. The number of hydrogen-bond donors (Lipinski definition) is 2. The second-order valence-electron chi connectivity index (χ2n) is 4.55. The van der Waals surface area contributed by atoms with Crippen LogP contribution in [0.15, 0.2) is 18.2 Å². The summed E-state index contributed by atoms with van der Waals surface area (Å²) in [6.07, 6.45) is -0.914. The van der Waals surface area contributed by atoms with Crippen molar-refractivity contribution in [2.45, 2.75) is 18.6 Å². The molecule has 1 aliphatic rings. The number of carbonyl (C=O) groups is 2. The average molecular weight is 283 g/mol. The summed E-state index contributed by atoms with van der Waals surface area (Å²) in [5.41, 5.74) is 0.0173. The third-order valence-electron chi connectivity index (χ3n) is 3.22. The maximum absolute atomic E-state index is 13.6. The molecule has 0 saturated carbocycles. The van der Waals surface area contributed by atoms with E-state index in [9.17, 15) is 19.1 Å². The predicted molar refractivity (Wildman–Crippen MR) is 66.0 cm³/mol. The predicted octanol–water partition coefficient (Wildman–Crippen LogP) is 0.494. The van der Waals surface area contributed by atoms with Crippen molar-refractivity contribution < 1.29 is 28.9 Å². The maximum Gasteiger partial charge on any atom is 0.326 e. The molecule has 1 heterocycles. The van der Waals surface area contributed by atoms with Gasteiger partial charge >= 0.3 is 5.97 Å². The normalized spacial score (nSPS) is 21.9. The van der Waals surface area contributed by atoms with Crippen LogP contribution in [0.3, 0.4) is 0 Å². The van der Waals surface area contributed by atoms with Crippen molar-refractivity contribution in [3.05, 3.63) is 29.6 Å². The lowest BCUT2D eigenvalue weighted by molar-refractivity contribution is -0.141. The standard InChI is InChI=1S/C13H14FNO5/c1-20-11-3-2-7(4-9(11)14)12(17)15-6-8(16)5-10(15)13(18)19/h2-4,8,10,16H,5-6H2,1H3,(H,18,19)/t8?,10-/m0/s1. The molecule has 2 rings (SSSR count). The van der Waals surface area contributed by atoms with Crippen LogP contribution in [0.25, 0.3) is 0 Å². The number of carboxylic acids is 1. The molecule has 0 bridgehead atoms. The molecule has 2 atom stereocenters. The van der Waals surface area contributed by atoms with Crippen LogP contribution in [0.4, 0.5) is 4.39 Å². The molecule has 6 nitrogen and oxygen atoms in total. The van der Waals surface area contributed by atoms with Crippen LogP contribution >= 0.6 is 0 Å². The molecule has 0 aromatic heterocycles. The highest BCUT2D eigenvalue weighted by Gasteiger charge is 2.39. The molecule has 108 valence electrons. The SMILES string of the molecule is COc1ccc(C(=O)N2CC(O)C[C@H]2C(=O)O)cc1F. The molecule has 7 heteroatoms. The van der Waals surface area contributed by atoms with Gasteiger partial charge in [-0.15, -0.1) is 0 Å². The van der Waals surface area contributed by atoms with E-state index in [2.05, 4.69) is 0 Å². The quantitative estimate of drug-likeness (QED) is 0.843. The Hall–Kier alpha value is -2.15. The second kappa shape index (κ2) is 5.46. The number of carboxylic acid groups (broad SMARTS) is 1. The van der Waals surface area contributed by atoms with Gasteiger partial charge in [-0.1, -0.05) is 0 Å². The molecule has 1 saturated heterocycles. The molecule has 1 aliphatic heterocycles. The largest absolute Gasteiger partial charge is 0.494 e. The van der Waals surface area contributed by atoms with Gasteiger partial charge in [0.2, 0.25) is 0 Å². The van der Waals surface area contributed by atoms with Crippen LogP contribution in [0.1, 0.15) is 16.8 Å². The fourth-order valence-electron chi connectivity index (χ4n) is 2.24. The van der Waals surface area contributed by atoms with Gasteiger partial charge in [-0.2, -0.15) is 0 Å². The Morgan fingerprint density at radius 2 is 2.15 bits per heavy atom. The summed E-state index contributed by atoms with van der Waals surface area (Å²) in [6.45, 7) is -0.0799. The van der Waals surface area contributed by atoms with E-state index < -0.39 is 29.8 Å². The molecule has 1 fully saturated rings. The number of amides is 1. The average Bonchev–Trinajstić information content (AvgIpc) is 2.80. The van der Waals surface area contributed by atoms with E-state index in [1.807, 2.05) is 0 Å². The number of aliphatic carboxylic acids is 1. The lowest BCUT2D eigenvalue weighted by atomic mass is 10.1. The molecule has 0 aliphatic carbocycles. The highest BCUT2D eigenvalue weighted by atomic mass is 19.1. The van der Waals surface area contributed by atoms with E-state index in [0.717, 1.165) is 11.0 Å². The number of rotatable bonds is 3. The van der Waals surface area contributed by atoms with Gasteiger partial charge in [0.15, 0.2) is 11.6 Å². The maximum atomic E-state index is 13.6. The molecule has 1 aromatic carbocycles. The summed E-state index contributed by atoms with van der Waals surface area (Å²) >= 11 is 0. The second-order valence-corrected chi connectivity index (χ2v) is 4.55. The van der Waals surface area contributed by atoms with Gasteiger partial charge in [0.25, 0.3) is 5.91 Å². The zero-order valence-electron chi connectivity index (χ0n) is 10.7. The Balaban J connectivity index is 2.26. The third kappa shape index (κ3) is 2.57. The molecule has 2 N–H and O–H groups in total. The Kier molecular flexibility index (Phi) is 3.89. The van der Waals surface area contributed by atoms with Crippen LogP contribution in [0.2, 0.25) is 0 Å².